The maximum atomic E-state index is 11.9. The highest BCUT2D eigenvalue weighted by Crippen LogP contribution is 2.29. The average molecular weight is 297 g/mol. The topological polar surface area (TPSA) is 81.7 Å². The highest BCUT2D eigenvalue weighted by atomic mass is 16.4. The maximum Gasteiger partial charge on any atom is 0.315 e. The molecule has 0 aromatic heterocycles. The second-order valence-corrected chi connectivity index (χ2v) is 6.45. The summed E-state index contributed by atoms with van der Waals surface area (Å²) in [5.41, 5.74) is 0. The molecular weight excluding hydrogens is 270 g/mol. The number of likely N-dealkylation sites (N-methyl/N-ethyl adjacent to an activating group) is 1. The van der Waals surface area contributed by atoms with Crippen LogP contribution in [0.3, 0.4) is 0 Å². The molecule has 6 nitrogen and oxygen atoms in total. The number of amides is 2. The molecule has 120 valence electrons. The summed E-state index contributed by atoms with van der Waals surface area (Å²) in [4.78, 5) is 25.4. The van der Waals surface area contributed by atoms with Gasteiger partial charge in [-0.3, -0.25) is 4.79 Å². The number of nitrogens with zero attached hydrogens (tertiary/aromatic N) is 1. The first-order valence-electron chi connectivity index (χ1n) is 8.02. The van der Waals surface area contributed by atoms with Crippen LogP contribution in [0.5, 0.6) is 0 Å². The van der Waals surface area contributed by atoms with E-state index in [0.29, 0.717) is 6.54 Å². The Morgan fingerprint density at radius 3 is 2.67 bits per heavy atom. The van der Waals surface area contributed by atoms with Crippen LogP contribution in [0.4, 0.5) is 4.79 Å². The third-order valence-corrected chi connectivity index (χ3v) is 4.71. The number of likely N-dealkylation sites (tertiary alicyclic amines) is 1. The van der Waals surface area contributed by atoms with Crippen molar-refractivity contribution in [3.8, 4) is 0 Å². The minimum Gasteiger partial charge on any atom is -0.481 e. The summed E-state index contributed by atoms with van der Waals surface area (Å²) in [5.74, 6) is -0.966. The zero-order valence-electron chi connectivity index (χ0n) is 12.8. The van der Waals surface area contributed by atoms with Gasteiger partial charge < -0.3 is 20.6 Å². The van der Waals surface area contributed by atoms with E-state index in [1.165, 1.54) is 0 Å². The molecule has 1 aliphatic heterocycles. The zero-order valence-corrected chi connectivity index (χ0v) is 12.8. The van der Waals surface area contributed by atoms with E-state index in [1.54, 1.807) is 0 Å². The van der Waals surface area contributed by atoms with Crippen molar-refractivity contribution in [3.05, 3.63) is 0 Å². The predicted octanol–water partition coefficient (Wildman–Crippen LogP) is 1.27. The molecule has 1 saturated carbocycles. The lowest BCUT2D eigenvalue weighted by Gasteiger charge is -2.31. The van der Waals surface area contributed by atoms with E-state index in [0.717, 1.165) is 51.6 Å². The molecule has 2 aliphatic rings. The number of carboxylic acids is 1. The minimum absolute atomic E-state index is 0.0658. The number of rotatable bonds is 4. The van der Waals surface area contributed by atoms with Gasteiger partial charge in [-0.25, -0.2) is 4.79 Å². The third kappa shape index (κ3) is 4.88. The second-order valence-electron chi connectivity index (χ2n) is 6.45. The Morgan fingerprint density at radius 1 is 1.19 bits per heavy atom. The smallest absolute Gasteiger partial charge is 0.315 e. The summed E-state index contributed by atoms with van der Waals surface area (Å²) in [6, 6.07) is 0.0374. The molecule has 2 amide bonds. The third-order valence-electron chi connectivity index (χ3n) is 4.71. The fraction of sp³-hybridized carbons (Fsp3) is 0.867. The molecule has 0 bridgehead atoms. The average Bonchev–Trinajstić information content (AvgIpc) is 2.45. The van der Waals surface area contributed by atoms with E-state index in [4.69, 9.17) is 0 Å². The van der Waals surface area contributed by atoms with Crippen molar-refractivity contribution < 1.29 is 14.7 Å². The molecule has 1 saturated heterocycles. The van der Waals surface area contributed by atoms with Gasteiger partial charge in [-0.1, -0.05) is 12.8 Å². The molecule has 6 heteroatoms. The molecule has 2 rings (SSSR count). The van der Waals surface area contributed by atoms with Crippen LogP contribution in [0.25, 0.3) is 0 Å². The van der Waals surface area contributed by atoms with Crippen LogP contribution in [0.2, 0.25) is 0 Å². The van der Waals surface area contributed by atoms with Crippen LogP contribution in [0, 0.1) is 11.8 Å². The van der Waals surface area contributed by atoms with Crippen molar-refractivity contribution >= 4 is 12.0 Å². The predicted molar refractivity (Wildman–Crippen MR) is 80.1 cm³/mol. The van der Waals surface area contributed by atoms with Gasteiger partial charge >= 0.3 is 12.0 Å². The number of hydrogen-bond donors (Lipinski definition) is 3. The van der Waals surface area contributed by atoms with E-state index in [1.807, 2.05) is 0 Å². The summed E-state index contributed by atoms with van der Waals surface area (Å²) >= 11 is 0. The Morgan fingerprint density at radius 2 is 1.95 bits per heavy atom. The Bertz CT molecular complexity index is 375. The van der Waals surface area contributed by atoms with Crippen molar-refractivity contribution in [1.29, 1.82) is 0 Å². The highest BCUT2D eigenvalue weighted by Gasteiger charge is 2.31. The fourth-order valence-corrected chi connectivity index (χ4v) is 3.52. The van der Waals surface area contributed by atoms with Crippen LogP contribution in [-0.4, -0.2) is 54.7 Å². The van der Waals surface area contributed by atoms with Crippen molar-refractivity contribution in [3.63, 3.8) is 0 Å². The van der Waals surface area contributed by atoms with Crippen molar-refractivity contribution in [2.75, 3.05) is 26.7 Å². The summed E-state index contributed by atoms with van der Waals surface area (Å²) < 4.78 is 0. The van der Waals surface area contributed by atoms with Crippen LogP contribution >= 0.6 is 0 Å². The Hall–Kier alpha value is -1.30. The largest absolute Gasteiger partial charge is 0.481 e. The molecule has 3 N–H and O–H groups in total. The molecule has 0 radical (unpaired) electrons. The minimum atomic E-state index is -0.726. The van der Waals surface area contributed by atoms with Crippen molar-refractivity contribution in [2.24, 2.45) is 11.8 Å². The quantitative estimate of drug-likeness (QED) is 0.730. The first-order valence-corrected chi connectivity index (χ1v) is 8.02. The number of carbonyl (C=O) groups is 2. The van der Waals surface area contributed by atoms with Crippen LogP contribution < -0.4 is 10.6 Å². The number of carboxylic acid groups (broad SMARTS) is 1. The van der Waals surface area contributed by atoms with Gasteiger partial charge in [0.1, 0.15) is 0 Å². The van der Waals surface area contributed by atoms with E-state index < -0.39 is 5.97 Å². The molecule has 21 heavy (non-hydrogen) atoms. The van der Waals surface area contributed by atoms with Gasteiger partial charge in [-0.15, -0.1) is 0 Å². The standard InChI is InChI=1S/C15H27N3O3/c1-18-8-4-6-12(10-18)17-15(21)16-9-11-5-2-3-7-13(11)14(19)20/h11-13H,2-10H2,1H3,(H,19,20)(H2,16,17,21). The van der Waals surface area contributed by atoms with Crippen LogP contribution in [-0.2, 0) is 4.79 Å². The van der Waals surface area contributed by atoms with E-state index in [-0.39, 0.29) is 23.9 Å². The maximum absolute atomic E-state index is 11.9. The van der Waals surface area contributed by atoms with E-state index >= 15 is 0 Å². The van der Waals surface area contributed by atoms with Gasteiger partial charge in [0.2, 0.25) is 0 Å². The molecule has 3 atom stereocenters. The van der Waals surface area contributed by atoms with Gasteiger partial charge in [0.05, 0.1) is 5.92 Å². The monoisotopic (exact) mass is 297 g/mol. The molecule has 1 aliphatic carbocycles. The SMILES string of the molecule is CN1CCCC(NC(=O)NCC2CCCCC2C(=O)O)C1. The van der Waals surface area contributed by atoms with Crippen LogP contribution in [0.1, 0.15) is 38.5 Å². The molecule has 0 aromatic rings. The molecular formula is C15H27N3O3. The molecule has 3 unspecified atom stereocenters. The summed E-state index contributed by atoms with van der Waals surface area (Å²) in [6.07, 6.45) is 5.78. The highest BCUT2D eigenvalue weighted by molar-refractivity contribution is 5.74. The molecule has 0 spiro atoms. The Labute approximate surface area is 126 Å². The molecule has 1 heterocycles. The number of piperidine rings is 1. The van der Waals surface area contributed by atoms with E-state index in [9.17, 15) is 14.7 Å². The van der Waals surface area contributed by atoms with Crippen molar-refractivity contribution in [1.82, 2.24) is 15.5 Å². The van der Waals surface area contributed by atoms with Gasteiger partial charge in [0, 0.05) is 19.1 Å². The zero-order chi connectivity index (χ0) is 15.2. The molecule has 2 fully saturated rings. The lowest BCUT2D eigenvalue weighted by molar-refractivity contribution is -0.144. The number of aliphatic carboxylic acids is 1. The van der Waals surface area contributed by atoms with Gasteiger partial charge in [0.15, 0.2) is 0 Å². The number of urea groups is 1. The Kier molecular flexibility index (Phi) is 5.85. The van der Waals surface area contributed by atoms with Crippen LogP contribution in [0.15, 0.2) is 0 Å². The normalized spacial score (nSPS) is 30.6. The first-order chi connectivity index (χ1) is 10.1. The van der Waals surface area contributed by atoms with E-state index in [2.05, 4.69) is 22.6 Å². The molecule has 0 aromatic carbocycles. The first kappa shape index (κ1) is 16.1. The second kappa shape index (κ2) is 7.64. The van der Waals surface area contributed by atoms with Gasteiger partial charge in [0.25, 0.3) is 0 Å². The van der Waals surface area contributed by atoms with Gasteiger partial charge in [-0.05, 0) is 45.2 Å². The summed E-state index contributed by atoms with van der Waals surface area (Å²) in [5, 5.41) is 15.1. The number of hydrogen-bond acceptors (Lipinski definition) is 3. The number of carbonyl (C=O) groups excluding carboxylic acids is 1. The Balaban J connectivity index is 1.73. The fourth-order valence-electron chi connectivity index (χ4n) is 3.52. The lowest BCUT2D eigenvalue weighted by Crippen LogP contribution is -2.50. The summed E-state index contributed by atoms with van der Waals surface area (Å²) in [7, 11) is 2.06. The lowest BCUT2D eigenvalue weighted by atomic mass is 9.79. The van der Waals surface area contributed by atoms with Crippen molar-refractivity contribution in [2.45, 2.75) is 44.6 Å². The van der Waals surface area contributed by atoms with Gasteiger partial charge in [-0.2, -0.15) is 0 Å². The number of nitrogens with one attached hydrogen (secondary N) is 2. The summed E-state index contributed by atoms with van der Waals surface area (Å²) in [6.45, 7) is 2.43.